The summed E-state index contributed by atoms with van der Waals surface area (Å²) in [7, 11) is 7.19. The fourth-order valence-electron chi connectivity index (χ4n) is 2.45. The molecule has 0 unspecified atom stereocenters. The van der Waals surface area contributed by atoms with Gasteiger partial charge in [0.05, 0.1) is 18.8 Å². The van der Waals surface area contributed by atoms with Crippen LogP contribution in [0.3, 0.4) is 0 Å². The average molecular weight is 451 g/mol. The number of carbonyl (C=O) groups is 1. The van der Waals surface area contributed by atoms with E-state index in [1.54, 1.807) is 26.0 Å². The molecule has 1 amide bonds. The first-order valence-corrected chi connectivity index (χ1v) is 8.42. The maximum atomic E-state index is 11.7. The van der Waals surface area contributed by atoms with Crippen molar-refractivity contribution in [3.8, 4) is 0 Å². The molecular weight excluding hydrogens is 425 g/mol. The molecule has 0 atom stereocenters. The molecule has 0 aliphatic heterocycles. The summed E-state index contributed by atoms with van der Waals surface area (Å²) < 4.78 is 0. The van der Waals surface area contributed by atoms with Crippen molar-refractivity contribution in [3.63, 3.8) is 0 Å². The zero-order valence-electron chi connectivity index (χ0n) is 14.3. The van der Waals surface area contributed by atoms with Crippen molar-refractivity contribution < 1.29 is 4.79 Å². The van der Waals surface area contributed by atoms with Gasteiger partial charge in [-0.2, -0.15) is 0 Å². The van der Waals surface area contributed by atoms with Crippen molar-refractivity contribution in [1.82, 2.24) is 20.1 Å². The number of fused-ring (bicyclic) bond motifs is 1. The molecule has 0 saturated carbocycles. The van der Waals surface area contributed by atoms with Crippen LogP contribution in [0.1, 0.15) is 28.4 Å². The maximum Gasteiger partial charge on any atom is 0.241 e. The first kappa shape index (κ1) is 20.1. The predicted octanol–water partition coefficient (Wildman–Crippen LogP) is 1.74. The molecule has 1 aliphatic rings. The van der Waals surface area contributed by atoms with Crippen LogP contribution in [-0.4, -0.2) is 61.4 Å². The minimum Gasteiger partial charge on any atom is -0.347 e. The van der Waals surface area contributed by atoms with Gasteiger partial charge in [0.15, 0.2) is 5.96 Å². The lowest BCUT2D eigenvalue weighted by molar-refractivity contribution is -0.127. The molecule has 0 saturated heterocycles. The summed E-state index contributed by atoms with van der Waals surface area (Å²) in [5, 5.41) is 4.22. The molecule has 6 nitrogen and oxygen atoms in total. The van der Waals surface area contributed by atoms with Crippen LogP contribution in [0.4, 0.5) is 0 Å². The van der Waals surface area contributed by atoms with E-state index in [2.05, 4.69) is 10.3 Å². The smallest absolute Gasteiger partial charge is 0.241 e. The molecule has 0 radical (unpaired) electrons. The van der Waals surface area contributed by atoms with Gasteiger partial charge in [0.2, 0.25) is 5.91 Å². The van der Waals surface area contributed by atoms with Crippen molar-refractivity contribution in [1.29, 1.82) is 0 Å². The Hall–Kier alpha value is -0.900. The second kappa shape index (κ2) is 9.41. The first-order valence-electron chi connectivity index (χ1n) is 7.60. The number of nitrogens with one attached hydrogen (secondary N) is 1. The molecule has 1 N–H and O–H groups in total. The van der Waals surface area contributed by atoms with Gasteiger partial charge in [-0.1, -0.05) is 0 Å². The number of rotatable bonds is 4. The second-order valence-corrected chi connectivity index (χ2v) is 6.90. The van der Waals surface area contributed by atoms with Crippen LogP contribution >= 0.6 is 35.3 Å². The minimum atomic E-state index is 0. The Morgan fingerprint density at radius 2 is 2.00 bits per heavy atom. The van der Waals surface area contributed by atoms with E-state index in [0.29, 0.717) is 12.5 Å². The standard InChI is InChI=1S/C15H25N5OS.HI/c1-16-15(17-9-14(21)19(2)3)20(4)10-13-18-11-7-5-6-8-12(11)22-13;/h5-10H2,1-4H3,(H,16,17);1H. The number of carbonyl (C=O) groups excluding carboxylic acids is 1. The number of nitrogens with zero attached hydrogens (tertiary/aromatic N) is 4. The fourth-order valence-corrected chi connectivity index (χ4v) is 3.66. The van der Waals surface area contributed by atoms with Crippen LogP contribution in [0.15, 0.2) is 4.99 Å². The predicted molar refractivity (Wildman–Crippen MR) is 106 cm³/mol. The van der Waals surface area contributed by atoms with Crippen molar-refractivity contribution in [2.75, 3.05) is 34.7 Å². The molecule has 0 fully saturated rings. The zero-order chi connectivity index (χ0) is 16.1. The number of aryl methyl sites for hydroxylation is 2. The van der Waals surface area contributed by atoms with E-state index >= 15 is 0 Å². The van der Waals surface area contributed by atoms with Crippen LogP contribution in [0.5, 0.6) is 0 Å². The molecule has 1 aromatic heterocycles. The molecule has 23 heavy (non-hydrogen) atoms. The fraction of sp³-hybridized carbons (Fsp3) is 0.667. The molecule has 1 aliphatic carbocycles. The number of hydrogen-bond acceptors (Lipinski definition) is 4. The van der Waals surface area contributed by atoms with Gasteiger partial charge in [0.1, 0.15) is 5.01 Å². The molecule has 1 heterocycles. The van der Waals surface area contributed by atoms with Crippen molar-refractivity contribution >= 4 is 47.2 Å². The van der Waals surface area contributed by atoms with Crippen LogP contribution in [0.2, 0.25) is 0 Å². The lowest BCUT2D eigenvalue weighted by Gasteiger charge is -2.21. The summed E-state index contributed by atoms with van der Waals surface area (Å²) in [5.41, 5.74) is 1.28. The molecule has 8 heteroatoms. The van der Waals surface area contributed by atoms with E-state index in [0.717, 1.165) is 11.4 Å². The van der Waals surface area contributed by atoms with Gasteiger partial charge in [-0.3, -0.25) is 9.79 Å². The van der Waals surface area contributed by atoms with E-state index in [-0.39, 0.29) is 36.4 Å². The van der Waals surface area contributed by atoms with E-state index < -0.39 is 0 Å². The number of halogens is 1. The Bertz CT molecular complexity index is 535. The van der Waals surface area contributed by atoms with Gasteiger partial charge in [0, 0.05) is 33.1 Å². The Labute approximate surface area is 159 Å². The number of aliphatic imine (C=N–C) groups is 1. The van der Waals surface area contributed by atoms with Crippen molar-refractivity contribution in [3.05, 3.63) is 15.6 Å². The Kier molecular flexibility index (Phi) is 8.24. The molecule has 0 bridgehead atoms. The quantitative estimate of drug-likeness (QED) is 0.431. The van der Waals surface area contributed by atoms with Crippen LogP contribution < -0.4 is 5.32 Å². The lowest BCUT2D eigenvalue weighted by atomic mass is 10.0. The number of aromatic nitrogens is 1. The summed E-state index contributed by atoms with van der Waals surface area (Å²) in [6, 6.07) is 0. The molecule has 130 valence electrons. The molecule has 1 aromatic rings. The Balaban J connectivity index is 0.00000264. The third-order valence-corrected chi connectivity index (χ3v) is 4.87. The van der Waals surface area contributed by atoms with E-state index in [1.807, 2.05) is 23.3 Å². The zero-order valence-corrected chi connectivity index (χ0v) is 17.4. The SMILES string of the molecule is CN=C(NCC(=O)N(C)C)N(C)Cc1nc2c(s1)CCCC2.I. The highest BCUT2D eigenvalue weighted by molar-refractivity contribution is 14.0. The number of amides is 1. The van der Waals surface area contributed by atoms with Gasteiger partial charge < -0.3 is 15.1 Å². The number of thiazole rings is 1. The van der Waals surface area contributed by atoms with Gasteiger partial charge in [-0.15, -0.1) is 35.3 Å². The summed E-state index contributed by atoms with van der Waals surface area (Å²) >= 11 is 1.81. The average Bonchev–Trinajstić information content (AvgIpc) is 2.89. The summed E-state index contributed by atoms with van der Waals surface area (Å²) in [6.45, 7) is 0.964. The number of guanidine groups is 1. The Morgan fingerprint density at radius 1 is 1.30 bits per heavy atom. The maximum absolute atomic E-state index is 11.7. The highest BCUT2D eigenvalue weighted by Gasteiger charge is 2.17. The highest BCUT2D eigenvalue weighted by Crippen LogP contribution is 2.27. The van der Waals surface area contributed by atoms with E-state index in [9.17, 15) is 4.79 Å². The van der Waals surface area contributed by atoms with Gasteiger partial charge in [-0.25, -0.2) is 4.98 Å². The third kappa shape index (κ3) is 5.59. The van der Waals surface area contributed by atoms with Crippen LogP contribution in [0.25, 0.3) is 0 Å². The summed E-state index contributed by atoms with van der Waals surface area (Å²) in [5.74, 6) is 0.739. The molecular formula is C15H26IN5OS. The molecule has 0 spiro atoms. The summed E-state index contributed by atoms with van der Waals surface area (Å²) in [4.78, 5) is 25.7. The van der Waals surface area contributed by atoms with Crippen LogP contribution in [0, 0.1) is 0 Å². The normalized spacial score (nSPS) is 13.8. The van der Waals surface area contributed by atoms with Gasteiger partial charge >= 0.3 is 0 Å². The molecule has 0 aromatic carbocycles. The topological polar surface area (TPSA) is 60.8 Å². The largest absolute Gasteiger partial charge is 0.347 e. The van der Waals surface area contributed by atoms with Crippen molar-refractivity contribution in [2.24, 2.45) is 4.99 Å². The second-order valence-electron chi connectivity index (χ2n) is 5.73. The van der Waals surface area contributed by atoms with Crippen LogP contribution in [-0.2, 0) is 24.2 Å². The minimum absolute atomic E-state index is 0. The Morgan fingerprint density at radius 3 is 2.61 bits per heavy atom. The van der Waals surface area contributed by atoms with E-state index in [4.69, 9.17) is 4.98 Å². The van der Waals surface area contributed by atoms with Gasteiger partial charge in [-0.05, 0) is 25.7 Å². The number of hydrogen-bond donors (Lipinski definition) is 1. The summed E-state index contributed by atoms with van der Waals surface area (Å²) in [6.07, 6.45) is 4.81. The highest BCUT2D eigenvalue weighted by atomic mass is 127. The molecule has 2 rings (SSSR count). The van der Waals surface area contributed by atoms with Crippen molar-refractivity contribution in [2.45, 2.75) is 32.2 Å². The van der Waals surface area contributed by atoms with Gasteiger partial charge in [0.25, 0.3) is 0 Å². The first-order chi connectivity index (χ1) is 10.5. The number of likely N-dealkylation sites (N-methyl/N-ethyl adjacent to an activating group) is 1. The third-order valence-electron chi connectivity index (χ3n) is 3.73. The van der Waals surface area contributed by atoms with E-state index in [1.165, 1.54) is 29.8 Å². The lowest BCUT2D eigenvalue weighted by Crippen LogP contribution is -2.43. The monoisotopic (exact) mass is 451 g/mol.